The van der Waals surface area contributed by atoms with Crippen molar-refractivity contribution in [2.24, 2.45) is 0 Å². The Labute approximate surface area is 251 Å². The number of hydrogen-bond acceptors (Lipinski definition) is 5. The van der Waals surface area contributed by atoms with Crippen molar-refractivity contribution in [1.29, 1.82) is 0 Å². The van der Waals surface area contributed by atoms with Crippen molar-refractivity contribution in [3.05, 3.63) is 70.8 Å². The minimum absolute atomic E-state index is 0. The maximum Gasteiger partial charge on any atom is 0.126 e. The Morgan fingerprint density at radius 1 is 0.595 bits per heavy atom. The van der Waals surface area contributed by atoms with E-state index in [1.165, 1.54) is 17.7 Å². The molecule has 1 aliphatic rings. The van der Waals surface area contributed by atoms with Crippen LogP contribution in [0, 0.1) is 11.6 Å². The molecule has 0 amide bonds. The van der Waals surface area contributed by atoms with Gasteiger partial charge in [-0.2, -0.15) is 0 Å². The number of halogens is 7. The van der Waals surface area contributed by atoms with E-state index in [0.29, 0.717) is 18.7 Å². The first-order valence-corrected chi connectivity index (χ1v) is 11.8. The lowest BCUT2D eigenvalue weighted by Gasteiger charge is -2.23. The second-order valence-corrected chi connectivity index (χ2v) is 8.43. The molecule has 12 heteroatoms. The summed E-state index contributed by atoms with van der Waals surface area (Å²) in [6.07, 6.45) is 2.30. The molecule has 4 N–H and O–H groups in total. The third-order valence-electron chi connectivity index (χ3n) is 5.63. The van der Waals surface area contributed by atoms with E-state index in [9.17, 15) is 8.78 Å². The van der Waals surface area contributed by atoms with Crippen molar-refractivity contribution in [3.8, 4) is 0 Å². The first-order valence-electron chi connectivity index (χ1n) is 11.8. The second-order valence-electron chi connectivity index (χ2n) is 8.43. The number of hydrogen-bond donors (Lipinski definition) is 4. The Kier molecular flexibility index (Phi) is 27.3. The predicted octanol–water partition coefficient (Wildman–Crippen LogP) is 4.73. The highest BCUT2D eigenvalue weighted by Crippen LogP contribution is 2.10. The molecular formula is C25H42Cl5F2N5. The molecule has 2 aromatic carbocycles. The van der Waals surface area contributed by atoms with E-state index in [1.807, 2.05) is 0 Å². The van der Waals surface area contributed by atoms with Crippen LogP contribution in [-0.4, -0.2) is 57.3 Å². The summed E-state index contributed by atoms with van der Waals surface area (Å²) in [7, 11) is 0. The van der Waals surface area contributed by atoms with Crippen LogP contribution in [0.1, 0.15) is 29.5 Å². The van der Waals surface area contributed by atoms with Gasteiger partial charge in [-0.1, -0.05) is 24.3 Å². The quantitative estimate of drug-likeness (QED) is 0.374. The molecule has 5 nitrogen and oxygen atoms in total. The highest BCUT2D eigenvalue weighted by molar-refractivity contribution is 5.86. The van der Waals surface area contributed by atoms with Gasteiger partial charge in [0.1, 0.15) is 11.6 Å². The standard InChI is InChI=1S/C25H37F2N5.5ClH/c26-24-15-23(16-25(27)17-24)19-31-18-21-3-5-22(6-4-21)20-32-13-2-9-29-11-10-28-7-1-8-30-12-14-32;;;;;/h3-6,15-17,28-31H,1-2,7-14,18-20H2;5*1H. The molecule has 3 rings (SSSR count). The first-order chi connectivity index (χ1) is 15.7. The van der Waals surface area contributed by atoms with Crippen molar-refractivity contribution < 1.29 is 8.78 Å². The molecule has 2 aromatic rings. The van der Waals surface area contributed by atoms with Crippen LogP contribution in [0.2, 0.25) is 0 Å². The molecular weight excluding hydrogens is 586 g/mol. The van der Waals surface area contributed by atoms with Gasteiger partial charge in [-0.05, 0) is 67.8 Å². The molecule has 0 aromatic heterocycles. The van der Waals surface area contributed by atoms with Gasteiger partial charge in [-0.3, -0.25) is 4.90 Å². The Hall–Kier alpha value is -0.450. The third kappa shape index (κ3) is 17.7. The Bertz CT molecular complexity index is 771. The smallest absolute Gasteiger partial charge is 0.126 e. The molecule has 216 valence electrons. The lowest BCUT2D eigenvalue weighted by molar-refractivity contribution is 0.260. The van der Waals surface area contributed by atoms with Gasteiger partial charge in [0.25, 0.3) is 0 Å². The molecule has 1 fully saturated rings. The van der Waals surface area contributed by atoms with Gasteiger partial charge < -0.3 is 21.3 Å². The summed E-state index contributed by atoms with van der Waals surface area (Å²) in [5.74, 6) is -1.08. The summed E-state index contributed by atoms with van der Waals surface area (Å²) in [5.41, 5.74) is 3.07. The van der Waals surface area contributed by atoms with E-state index in [4.69, 9.17) is 0 Å². The second kappa shape index (κ2) is 24.6. The number of nitrogens with zero attached hydrogens (tertiary/aromatic N) is 1. The fraction of sp³-hybridized carbons (Fsp3) is 0.520. The molecule has 1 saturated heterocycles. The summed E-state index contributed by atoms with van der Waals surface area (Å²) in [6.45, 7) is 10.4. The van der Waals surface area contributed by atoms with Crippen LogP contribution in [0.15, 0.2) is 42.5 Å². The number of benzene rings is 2. The predicted molar refractivity (Wildman–Crippen MR) is 163 cm³/mol. The molecule has 37 heavy (non-hydrogen) atoms. The molecule has 0 aliphatic carbocycles. The fourth-order valence-electron chi connectivity index (χ4n) is 3.91. The van der Waals surface area contributed by atoms with E-state index in [-0.39, 0.29) is 62.0 Å². The van der Waals surface area contributed by atoms with E-state index in [1.54, 1.807) is 0 Å². The summed E-state index contributed by atoms with van der Waals surface area (Å²) >= 11 is 0. The van der Waals surface area contributed by atoms with E-state index >= 15 is 0 Å². The largest absolute Gasteiger partial charge is 0.315 e. The summed E-state index contributed by atoms with van der Waals surface area (Å²) in [6, 6.07) is 12.2. The average molecular weight is 628 g/mol. The van der Waals surface area contributed by atoms with Gasteiger partial charge in [0.15, 0.2) is 0 Å². The van der Waals surface area contributed by atoms with Gasteiger partial charge in [0, 0.05) is 51.9 Å². The Balaban J connectivity index is -0.00000231. The Morgan fingerprint density at radius 2 is 1.11 bits per heavy atom. The summed E-state index contributed by atoms with van der Waals surface area (Å²) < 4.78 is 26.6. The summed E-state index contributed by atoms with van der Waals surface area (Å²) in [4.78, 5) is 2.52. The van der Waals surface area contributed by atoms with Gasteiger partial charge in [0.2, 0.25) is 0 Å². The lowest BCUT2D eigenvalue weighted by atomic mass is 10.1. The van der Waals surface area contributed by atoms with Gasteiger partial charge in [-0.25, -0.2) is 8.78 Å². The van der Waals surface area contributed by atoms with E-state index in [2.05, 4.69) is 50.4 Å². The molecule has 0 bridgehead atoms. The van der Waals surface area contributed by atoms with Crippen LogP contribution in [-0.2, 0) is 19.6 Å². The van der Waals surface area contributed by atoms with Crippen LogP contribution < -0.4 is 21.3 Å². The topological polar surface area (TPSA) is 51.4 Å². The first kappa shape index (κ1) is 41.0. The molecule has 1 heterocycles. The normalized spacial score (nSPS) is 15.3. The van der Waals surface area contributed by atoms with Crippen molar-refractivity contribution in [1.82, 2.24) is 26.2 Å². The van der Waals surface area contributed by atoms with Gasteiger partial charge >= 0.3 is 0 Å². The van der Waals surface area contributed by atoms with Crippen molar-refractivity contribution in [2.75, 3.05) is 52.4 Å². The maximum atomic E-state index is 13.3. The fourth-order valence-corrected chi connectivity index (χ4v) is 3.91. The SMILES string of the molecule is Cl.Cl.Cl.Cl.Cl.Fc1cc(F)cc(CNCc2ccc(CN3CCCNCCNCCCNCC3)cc2)c1. The van der Waals surface area contributed by atoms with Crippen LogP contribution in [0.25, 0.3) is 0 Å². The zero-order valence-electron chi connectivity index (χ0n) is 21.0. The minimum Gasteiger partial charge on any atom is -0.315 e. The van der Waals surface area contributed by atoms with Crippen molar-refractivity contribution >= 4 is 62.0 Å². The number of rotatable bonds is 6. The molecule has 0 radical (unpaired) electrons. The molecule has 0 atom stereocenters. The van der Waals surface area contributed by atoms with Crippen molar-refractivity contribution in [3.63, 3.8) is 0 Å². The number of nitrogens with one attached hydrogen (secondary N) is 4. The van der Waals surface area contributed by atoms with Crippen LogP contribution in [0.5, 0.6) is 0 Å². The monoisotopic (exact) mass is 625 g/mol. The highest BCUT2D eigenvalue weighted by Gasteiger charge is 2.07. The van der Waals surface area contributed by atoms with Gasteiger partial charge in [-0.15, -0.1) is 62.0 Å². The average Bonchev–Trinajstić information content (AvgIpc) is 2.77. The van der Waals surface area contributed by atoms with Crippen molar-refractivity contribution in [2.45, 2.75) is 32.5 Å². The minimum atomic E-state index is -0.540. The maximum absolute atomic E-state index is 13.3. The molecule has 0 saturated carbocycles. The molecule has 1 aliphatic heterocycles. The third-order valence-corrected chi connectivity index (χ3v) is 5.63. The van der Waals surface area contributed by atoms with Crippen LogP contribution in [0.4, 0.5) is 8.78 Å². The zero-order valence-corrected chi connectivity index (χ0v) is 25.1. The summed E-state index contributed by atoms with van der Waals surface area (Å²) in [5, 5.41) is 13.8. The Morgan fingerprint density at radius 3 is 1.73 bits per heavy atom. The lowest BCUT2D eigenvalue weighted by Crippen LogP contribution is -2.36. The van der Waals surface area contributed by atoms with Crippen LogP contribution >= 0.6 is 62.0 Å². The van der Waals surface area contributed by atoms with Crippen LogP contribution in [0.3, 0.4) is 0 Å². The van der Waals surface area contributed by atoms with E-state index in [0.717, 1.165) is 83.4 Å². The van der Waals surface area contributed by atoms with E-state index < -0.39 is 11.6 Å². The highest BCUT2D eigenvalue weighted by atomic mass is 35.5. The van der Waals surface area contributed by atoms with Gasteiger partial charge in [0.05, 0.1) is 0 Å². The molecule has 0 spiro atoms. The zero-order chi connectivity index (χ0) is 22.4. The molecule has 0 unspecified atom stereocenters.